The van der Waals surface area contributed by atoms with Gasteiger partial charge < -0.3 is 14.8 Å². The van der Waals surface area contributed by atoms with Crippen molar-refractivity contribution in [1.82, 2.24) is 9.29 Å². The van der Waals surface area contributed by atoms with Gasteiger partial charge in [0.2, 0.25) is 10.0 Å². The molecule has 2 heterocycles. The first-order valence-corrected chi connectivity index (χ1v) is 14.8. The van der Waals surface area contributed by atoms with E-state index in [4.69, 9.17) is 26.1 Å². The number of aromatic nitrogens is 1. The molecule has 0 radical (unpaired) electrons. The van der Waals surface area contributed by atoms with Gasteiger partial charge in [0.1, 0.15) is 10.6 Å². The molecule has 1 N–H and O–H groups in total. The summed E-state index contributed by atoms with van der Waals surface area (Å²) in [4.78, 5) is 18.4. The standard InChI is InChI=1S/C31H26ClN3O5S/c1-39-24-10-8-20-16-22(7-6-21(20)17-24)29-19-26(25-4-2-3-5-28(25)34-29)31(36)33-23-9-11-27(32)30(18-23)41(37,38)35-12-14-40-15-13-35/h2-11,16-19H,12-15H2,1H3,(H,33,36). The average molecular weight is 588 g/mol. The van der Waals surface area contributed by atoms with Crippen molar-refractivity contribution in [2.24, 2.45) is 0 Å². The Morgan fingerprint density at radius 2 is 1.71 bits per heavy atom. The number of carbonyl (C=O) groups is 1. The van der Waals surface area contributed by atoms with E-state index in [9.17, 15) is 13.2 Å². The number of anilines is 1. The Morgan fingerprint density at radius 3 is 2.51 bits per heavy atom. The van der Waals surface area contributed by atoms with Crippen LogP contribution in [0.15, 0.2) is 89.8 Å². The second-order valence-electron chi connectivity index (χ2n) is 9.62. The summed E-state index contributed by atoms with van der Waals surface area (Å²) >= 11 is 6.31. The Bertz CT molecular complexity index is 1910. The first-order chi connectivity index (χ1) is 19.8. The van der Waals surface area contributed by atoms with E-state index in [1.807, 2.05) is 60.7 Å². The second kappa shape index (κ2) is 11.1. The van der Waals surface area contributed by atoms with Crippen LogP contribution in [0.3, 0.4) is 0 Å². The van der Waals surface area contributed by atoms with Crippen LogP contribution in [-0.4, -0.2) is 57.0 Å². The van der Waals surface area contributed by atoms with Crippen LogP contribution in [0.1, 0.15) is 10.4 Å². The number of rotatable bonds is 6. The molecule has 208 valence electrons. The van der Waals surface area contributed by atoms with Gasteiger partial charge in [-0.15, -0.1) is 0 Å². The Labute approximate surface area is 242 Å². The molecule has 6 rings (SSSR count). The van der Waals surface area contributed by atoms with E-state index in [-0.39, 0.29) is 23.0 Å². The third kappa shape index (κ3) is 5.37. The third-order valence-electron chi connectivity index (χ3n) is 7.08. The van der Waals surface area contributed by atoms with Gasteiger partial charge >= 0.3 is 0 Å². The largest absolute Gasteiger partial charge is 0.497 e. The molecule has 0 atom stereocenters. The molecule has 8 nitrogen and oxygen atoms in total. The van der Waals surface area contributed by atoms with Crippen LogP contribution in [0.25, 0.3) is 32.9 Å². The predicted octanol–water partition coefficient (Wildman–Crippen LogP) is 5.99. The zero-order chi connectivity index (χ0) is 28.6. The monoisotopic (exact) mass is 587 g/mol. The molecule has 10 heteroatoms. The maximum Gasteiger partial charge on any atom is 0.256 e. The van der Waals surface area contributed by atoms with Crippen molar-refractivity contribution < 1.29 is 22.7 Å². The highest BCUT2D eigenvalue weighted by atomic mass is 35.5. The molecule has 41 heavy (non-hydrogen) atoms. The smallest absolute Gasteiger partial charge is 0.256 e. The quantitative estimate of drug-likeness (QED) is 0.262. The number of morpholine rings is 1. The molecule has 4 aromatic carbocycles. The summed E-state index contributed by atoms with van der Waals surface area (Å²) in [6.07, 6.45) is 0. The van der Waals surface area contributed by atoms with Gasteiger partial charge in [0, 0.05) is 29.7 Å². The number of hydrogen-bond donors (Lipinski definition) is 1. The van der Waals surface area contributed by atoms with Crippen molar-refractivity contribution in [3.05, 3.63) is 95.5 Å². The Kier molecular flexibility index (Phi) is 7.35. The highest BCUT2D eigenvalue weighted by molar-refractivity contribution is 7.89. The van der Waals surface area contributed by atoms with Crippen LogP contribution in [0, 0.1) is 0 Å². The van der Waals surface area contributed by atoms with Gasteiger partial charge in [0.15, 0.2) is 0 Å². The van der Waals surface area contributed by atoms with Crippen LogP contribution in [0.5, 0.6) is 5.75 Å². The summed E-state index contributed by atoms with van der Waals surface area (Å²) in [5, 5.41) is 5.66. The zero-order valence-electron chi connectivity index (χ0n) is 22.1. The number of hydrogen-bond acceptors (Lipinski definition) is 6. The van der Waals surface area contributed by atoms with Gasteiger partial charge in [-0.25, -0.2) is 13.4 Å². The summed E-state index contributed by atoms with van der Waals surface area (Å²) in [6, 6.07) is 25.4. The van der Waals surface area contributed by atoms with Crippen molar-refractivity contribution in [3.8, 4) is 17.0 Å². The molecule has 5 aromatic rings. The highest BCUT2D eigenvalue weighted by Gasteiger charge is 2.29. The lowest BCUT2D eigenvalue weighted by Gasteiger charge is -2.26. The number of nitrogens with one attached hydrogen (secondary N) is 1. The van der Waals surface area contributed by atoms with Crippen molar-refractivity contribution in [1.29, 1.82) is 0 Å². The van der Waals surface area contributed by atoms with E-state index in [1.165, 1.54) is 16.4 Å². The molecule has 1 aliphatic rings. The van der Waals surface area contributed by atoms with Gasteiger partial charge in [0.05, 0.1) is 42.1 Å². The number of para-hydroxylation sites is 1. The van der Waals surface area contributed by atoms with Gasteiger partial charge in [-0.05, 0) is 59.3 Å². The molecule has 1 saturated heterocycles. The lowest BCUT2D eigenvalue weighted by atomic mass is 10.0. The number of carbonyl (C=O) groups excluding carboxylic acids is 1. The number of benzene rings is 4. The average Bonchev–Trinajstić information content (AvgIpc) is 3.01. The lowest BCUT2D eigenvalue weighted by molar-refractivity contribution is 0.0730. The molecule has 0 aliphatic carbocycles. The Morgan fingerprint density at radius 1 is 0.951 bits per heavy atom. The maximum absolute atomic E-state index is 13.7. The van der Waals surface area contributed by atoms with Crippen molar-refractivity contribution in [3.63, 3.8) is 0 Å². The first kappa shape index (κ1) is 27.2. The fraction of sp³-hybridized carbons (Fsp3) is 0.161. The zero-order valence-corrected chi connectivity index (χ0v) is 23.7. The minimum absolute atomic E-state index is 0.0630. The summed E-state index contributed by atoms with van der Waals surface area (Å²) in [5.74, 6) is 0.378. The summed E-state index contributed by atoms with van der Waals surface area (Å²) < 4.78 is 38.5. The fourth-order valence-electron chi connectivity index (χ4n) is 4.92. The highest BCUT2D eigenvalue weighted by Crippen LogP contribution is 2.31. The Hall–Kier alpha value is -4.02. The molecule has 0 spiro atoms. The summed E-state index contributed by atoms with van der Waals surface area (Å²) in [7, 11) is -2.23. The van der Waals surface area contributed by atoms with Crippen LogP contribution >= 0.6 is 11.6 Å². The van der Waals surface area contributed by atoms with Crippen LogP contribution < -0.4 is 10.1 Å². The molecule has 1 fully saturated rings. The van der Waals surface area contributed by atoms with Gasteiger partial charge in [-0.1, -0.05) is 48.0 Å². The van der Waals surface area contributed by atoms with E-state index in [1.54, 1.807) is 19.2 Å². The number of pyridine rings is 1. The predicted molar refractivity (Wildman–Crippen MR) is 160 cm³/mol. The molecule has 1 aliphatic heterocycles. The van der Waals surface area contributed by atoms with Crippen LogP contribution in [-0.2, 0) is 14.8 Å². The third-order valence-corrected chi connectivity index (χ3v) is 9.46. The van der Waals surface area contributed by atoms with Crippen molar-refractivity contribution in [2.75, 3.05) is 38.7 Å². The summed E-state index contributed by atoms with van der Waals surface area (Å²) in [5.41, 5.74) is 2.88. The Balaban J connectivity index is 1.36. The summed E-state index contributed by atoms with van der Waals surface area (Å²) in [6.45, 7) is 1.11. The first-order valence-electron chi connectivity index (χ1n) is 13.0. The lowest BCUT2D eigenvalue weighted by Crippen LogP contribution is -2.40. The fourth-order valence-corrected chi connectivity index (χ4v) is 6.83. The van der Waals surface area contributed by atoms with Crippen molar-refractivity contribution in [2.45, 2.75) is 4.90 Å². The number of ether oxygens (including phenoxy) is 2. The van der Waals surface area contributed by atoms with E-state index < -0.39 is 15.9 Å². The number of nitrogens with zero attached hydrogens (tertiary/aromatic N) is 2. The number of sulfonamides is 1. The second-order valence-corrected chi connectivity index (χ2v) is 11.9. The normalized spacial score (nSPS) is 14.3. The molecule has 0 saturated carbocycles. The molecule has 1 aromatic heterocycles. The minimum Gasteiger partial charge on any atom is -0.497 e. The van der Waals surface area contributed by atoms with E-state index in [2.05, 4.69) is 5.32 Å². The van der Waals surface area contributed by atoms with E-state index in [0.29, 0.717) is 41.1 Å². The van der Waals surface area contributed by atoms with Crippen LogP contribution in [0.4, 0.5) is 5.69 Å². The minimum atomic E-state index is -3.86. The molecular weight excluding hydrogens is 562 g/mol. The van der Waals surface area contributed by atoms with Gasteiger partial charge in [-0.3, -0.25) is 4.79 Å². The molecule has 0 unspecified atom stereocenters. The number of fused-ring (bicyclic) bond motifs is 2. The van der Waals surface area contributed by atoms with Gasteiger partial charge in [-0.2, -0.15) is 4.31 Å². The van der Waals surface area contributed by atoms with E-state index in [0.717, 1.165) is 22.1 Å². The maximum atomic E-state index is 13.7. The molecule has 0 bridgehead atoms. The molecular formula is C31H26ClN3O5S. The number of amides is 1. The van der Waals surface area contributed by atoms with E-state index >= 15 is 0 Å². The van der Waals surface area contributed by atoms with Crippen LogP contribution in [0.2, 0.25) is 5.02 Å². The van der Waals surface area contributed by atoms with Crippen molar-refractivity contribution >= 4 is 54.9 Å². The number of halogens is 1. The topological polar surface area (TPSA) is 97.8 Å². The van der Waals surface area contributed by atoms with Gasteiger partial charge in [0.25, 0.3) is 5.91 Å². The molecule has 1 amide bonds. The number of methoxy groups -OCH3 is 1. The SMILES string of the molecule is COc1ccc2cc(-c3cc(C(=O)Nc4ccc(Cl)c(S(=O)(=O)N5CCOCC5)c4)c4ccccc4n3)ccc2c1.